The van der Waals surface area contributed by atoms with Crippen molar-refractivity contribution in [2.75, 3.05) is 26.2 Å². The average Bonchev–Trinajstić information content (AvgIpc) is 3.41. The maximum Gasteiger partial charge on any atom is 0.255 e. The van der Waals surface area contributed by atoms with Crippen LogP contribution < -0.4 is 0 Å². The summed E-state index contributed by atoms with van der Waals surface area (Å²) in [4.78, 5) is 21.4. The van der Waals surface area contributed by atoms with Crippen molar-refractivity contribution in [3.8, 4) is 0 Å². The lowest BCUT2D eigenvalue weighted by molar-refractivity contribution is 0.0626. The van der Waals surface area contributed by atoms with E-state index in [1.807, 2.05) is 23.1 Å². The predicted octanol–water partition coefficient (Wildman–Crippen LogP) is 5.06. The molecule has 1 aliphatic rings. The number of carbonyl (C=O) groups excluding carboxylic acids is 1. The van der Waals surface area contributed by atoms with Crippen molar-refractivity contribution in [2.24, 2.45) is 0 Å². The first-order chi connectivity index (χ1) is 13.3. The molecule has 0 bridgehead atoms. The second kappa shape index (κ2) is 9.06. The van der Waals surface area contributed by atoms with E-state index in [-0.39, 0.29) is 5.91 Å². The number of hydrogen-bond acceptors (Lipinski definition) is 5. The second-order valence-corrected chi connectivity index (χ2v) is 9.59. The Morgan fingerprint density at radius 2 is 1.59 bits per heavy atom. The Kier molecular flexibility index (Phi) is 6.29. The Hall–Kier alpha value is -1.60. The van der Waals surface area contributed by atoms with Gasteiger partial charge in [-0.15, -0.1) is 34.4 Å². The van der Waals surface area contributed by atoms with Crippen molar-refractivity contribution in [1.82, 2.24) is 9.80 Å². The van der Waals surface area contributed by atoms with Crippen LogP contribution in [0.1, 0.15) is 20.1 Å². The zero-order valence-electron chi connectivity index (χ0n) is 15.0. The van der Waals surface area contributed by atoms with E-state index in [1.54, 1.807) is 34.4 Å². The van der Waals surface area contributed by atoms with E-state index in [4.69, 9.17) is 0 Å². The van der Waals surface area contributed by atoms with Gasteiger partial charge in [0, 0.05) is 53.1 Å². The van der Waals surface area contributed by atoms with Crippen molar-refractivity contribution in [3.05, 3.63) is 74.6 Å². The number of thiophene rings is 2. The highest BCUT2D eigenvalue weighted by Crippen LogP contribution is 2.29. The summed E-state index contributed by atoms with van der Waals surface area (Å²) >= 11 is 5.32. The molecule has 3 heterocycles. The number of piperazine rings is 1. The van der Waals surface area contributed by atoms with E-state index < -0.39 is 0 Å². The fourth-order valence-corrected chi connectivity index (χ4v) is 5.78. The number of hydrogen-bond donors (Lipinski definition) is 0. The van der Waals surface area contributed by atoms with Crippen LogP contribution >= 0.6 is 34.4 Å². The van der Waals surface area contributed by atoms with Crippen LogP contribution in [-0.4, -0.2) is 41.9 Å². The summed E-state index contributed by atoms with van der Waals surface area (Å²) in [6.07, 6.45) is 0. The molecule has 0 radical (unpaired) electrons. The van der Waals surface area contributed by atoms with Crippen LogP contribution in [0.4, 0.5) is 0 Å². The molecule has 0 N–H and O–H groups in total. The van der Waals surface area contributed by atoms with Gasteiger partial charge in [-0.2, -0.15) is 0 Å². The summed E-state index contributed by atoms with van der Waals surface area (Å²) in [7, 11) is 0. The minimum Gasteiger partial charge on any atom is -0.336 e. The SMILES string of the molecule is O=C(c1ccccc1SCc1cccs1)N1CCN(Cc2cccs2)CC1. The van der Waals surface area contributed by atoms with Gasteiger partial charge in [0.2, 0.25) is 0 Å². The number of carbonyl (C=O) groups is 1. The highest BCUT2D eigenvalue weighted by atomic mass is 32.2. The molecule has 0 unspecified atom stereocenters. The minimum atomic E-state index is 0.167. The van der Waals surface area contributed by atoms with E-state index in [0.29, 0.717) is 0 Å². The van der Waals surface area contributed by atoms with Crippen molar-refractivity contribution in [3.63, 3.8) is 0 Å². The molecule has 0 aliphatic carbocycles. The Morgan fingerprint density at radius 1 is 0.889 bits per heavy atom. The molecule has 0 saturated carbocycles. The number of nitrogens with zero attached hydrogens (tertiary/aromatic N) is 2. The van der Waals surface area contributed by atoms with Crippen LogP contribution in [0.2, 0.25) is 0 Å². The summed E-state index contributed by atoms with van der Waals surface area (Å²) < 4.78 is 0. The van der Waals surface area contributed by atoms with Crippen LogP contribution in [0, 0.1) is 0 Å². The molecule has 3 nitrogen and oxygen atoms in total. The molecule has 3 aromatic rings. The molecule has 1 saturated heterocycles. The van der Waals surface area contributed by atoms with Crippen LogP contribution in [0.3, 0.4) is 0 Å². The molecule has 0 atom stereocenters. The highest BCUT2D eigenvalue weighted by molar-refractivity contribution is 7.98. The Balaban J connectivity index is 1.37. The normalized spacial score (nSPS) is 15.2. The smallest absolute Gasteiger partial charge is 0.255 e. The second-order valence-electron chi connectivity index (χ2n) is 6.51. The summed E-state index contributed by atoms with van der Waals surface area (Å²) in [6.45, 7) is 4.47. The molecule has 1 aromatic carbocycles. The van der Waals surface area contributed by atoms with E-state index in [1.165, 1.54) is 9.75 Å². The van der Waals surface area contributed by atoms with E-state index in [0.717, 1.165) is 48.9 Å². The van der Waals surface area contributed by atoms with Gasteiger partial charge in [-0.3, -0.25) is 9.69 Å². The number of thioether (sulfide) groups is 1. The Labute approximate surface area is 172 Å². The highest BCUT2D eigenvalue weighted by Gasteiger charge is 2.24. The first kappa shape index (κ1) is 18.7. The molecular weight excluding hydrogens is 392 g/mol. The molecule has 1 aliphatic heterocycles. The summed E-state index contributed by atoms with van der Waals surface area (Å²) in [5.74, 6) is 1.08. The maximum absolute atomic E-state index is 13.1. The summed E-state index contributed by atoms with van der Waals surface area (Å²) in [5, 5.41) is 4.22. The molecule has 1 fully saturated rings. The van der Waals surface area contributed by atoms with Gasteiger partial charge < -0.3 is 4.90 Å². The Bertz CT molecular complexity index is 853. The number of rotatable bonds is 6. The van der Waals surface area contributed by atoms with Crippen molar-refractivity contribution >= 4 is 40.3 Å². The molecule has 140 valence electrons. The lowest BCUT2D eigenvalue weighted by atomic mass is 10.2. The zero-order chi connectivity index (χ0) is 18.5. The van der Waals surface area contributed by atoms with E-state index in [2.05, 4.69) is 46.0 Å². The van der Waals surface area contributed by atoms with Gasteiger partial charge in [0.05, 0.1) is 5.56 Å². The predicted molar refractivity (Wildman–Crippen MR) is 116 cm³/mol. The quantitative estimate of drug-likeness (QED) is 0.527. The monoisotopic (exact) mass is 414 g/mol. The third kappa shape index (κ3) is 4.82. The minimum absolute atomic E-state index is 0.167. The average molecular weight is 415 g/mol. The fraction of sp³-hybridized carbons (Fsp3) is 0.286. The first-order valence-corrected chi connectivity index (χ1v) is 11.8. The molecule has 2 aromatic heterocycles. The van der Waals surface area contributed by atoms with Gasteiger partial charge in [-0.1, -0.05) is 24.3 Å². The number of amides is 1. The molecule has 0 spiro atoms. The van der Waals surface area contributed by atoms with Gasteiger partial charge >= 0.3 is 0 Å². The molecule has 1 amide bonds. The van der Waals surface area contributed by atoms with Gasteiger partial charge in [0.1, 0.15) is 0 Å². The van der Waals surface area contributed by atoms with Crippen LogP contribution in [-0.2, 0) is 12.3 Å². The molecular formula is C21H22N2OS3. The van der Waals surface area contributed by atoms with Gasteiger partial charge in [-0.05, 0) is 35.0 Å². The zero-order valence-corrected chi connectivity index (χ0v) is 17.5. The third-order valence-electron chi connectivity index (χ3n) is 4.69. The lowest BCUT2D eigenvalue weighted by Gasteiger charge is -2.34. The lowest BCUT2D eigenvalue weighted by Crippen LogP contribution is -2.48. The molecule has 6 heteroatoms. The van der Waals surface area contributed by atoms with Crippen molar-refractivity contribution in [2.45, 2.75) is 17.2 Å². The molecule has 4 rings (SSSR count). The van der Waals surface area contributed by atoms with Crippen molar-refractivity contribution in [1.29, 1.82) is 0 Å². The third-order valence-corrected chi connectivity index (χ3v) is 7.73. The topological polar surface area (TPSA) is 23.6 Å². The summed E-state index contributed by atoms with van der Waals surface area (Å²) in [5.41, 5.74) is 0.839. The number of benzene rings is 1. The first-order valence-electron chi connectivity index (χ1n) is 9.08. The van der Waals surface area contributed by atoms with Crippen molar-refractivity contribution < 1.29 is 4.79 Å². The Morgan fingerprint density at radius 3 is 2.30 bits per heavy atom. The largest absolute Gasteiger partial charge is 0.336 e. The van der Waals surface area contributed by atoms with Gasteiger partial charge in [0.15, 0.2) is 0 Å². The summed E-state index contributed by atoms with van der Waals surface area (Å²) in [6, 6.07) is 16.5. The van der Waals surface area contributed by atoms with Crippen LogP contribution in [0.25, 0.3) is 0 Å². The van der Waals surface area contributed by atoms with Crippen LogP contribution in [0.15, 0.2) is 64.2 Å². The van der Waals surface area contributed by atoms with Gasteiger partial charge in [0.25, 0.3) is 5.91 Å². The standard InChI is InChI=1S/C21H22N2OS3/c24-21(23-11-9-22(10-12-23)15-17-5-3-13-25-17)19-7-1-2-8-20(19)27-16-18-6-4-14-26-18/h1-8,13-14H,9-12,15-16H2. The van der Waals surface area contributed by atoms with E-state index >= 15 is 0 Å². The van der Waals surface area contributed by atoms with Gasteiger partial charge in [-0.25, -0.2) is 0 Å². The van der Waals surface area contributed by atoms with Crippen LogP contribution in [0.5, 0.6) is 0 Å². The maximum atomic E-state index is 13.1. The molecule has 27 heavy (non-hydrogen) atoms. The van der Waals surface area contributed by atoms with E-state index in [9.17, 15) is 4.79 Å². The fourth-order valence-electron chi connectivity index (χ4n) is 3.22.